The van der Waals surface area contributed by atoms with Crippen molar-refractivity contribution in [2.24, 2.45) is 7.05 Å². The Bertz CT molecular complexity index is 362. The second kappa shape index (κ2) is 5.50. The van der Waals surface area contributed by atoms with E-state index in [-0.39, 0.29) is 12.1 Å². The summed E-state index contributed by atoms with van der Waals surface area (Å²) in [6.45, 7) is 4.23. The molecule has 1 aromatic rings. The molecule has 0 fully saturated rings. The van der Waals surface area contributed by atoms with Gasteiger partial charge in [-0.2, -0.15) is 5.10 Å². The van der Waals surface area contributed by atoms with E-state index >= 15 is 0 Å². The Balaban J connectivity index is 2.48. The number of methoxy groups -OCH3 is 1. The van der Waals surface area contributed by atoms with E-state index < -0.39 is 0 Å². The van der Waals surface area contributed by atoms with Gasteiger partial charge in [-0.25, -0.2) is 4.79 Å². The van der Waals surface area contributed by atoms with Crippen molar-refractivity contribution in [3.05, 3.63) is 11.8 Å². The van der Waals surface area contributed by atoms with Crippen LogP contribution in [0.25, 0.3) is 0 Å². The summed E-state index contributed by atoms with van der Waals surface area (Å²) < 4.78 is 6.54. The summed E-state index contributed by atoms with van der Waals surface area (Å²) in [4.78, 5) is 11.5. The molecular weight excluding hydrogens is 208 g/mol. The molecule has 6 nitrogen and oxygen atoms in total. The van der Waals surface area contributed by atoms with Gasteiger partial charge in [-0.05, 0) is 13.8 Å². The van der Waals surface area contributed by atoms with Crippen LogP contribution in [-0.4, -0.2) is 35.6 Å². The van der Waals surface area contributed by atoms with Crippen molar-refractivity contribution in [3.8, 4) is 0 Å². The number of carbonyl (C=O) groups is 1. The molecule has 6 heteroatoms. The second-order valence-electron chi connectivity index (χ2n) is 3.75. The minimum atomic E-state index is -0.257. The number of anilines is 1. The molecule has 0 aromatic carbocycles. The Morgan fingerprint density at radius 1 is 1.69 bits per heavy atom. The standard InChI is InChI=1S/C10H18N4O2/c1-7-5-9(14(3)13-7)12-10(15)11-8(2)6-16-4/h5,8H,6H2,1-4H3,(H2,11,12,15)/t8-/m1/s1. The highest BCUT2D eigenvalue weighted by molar-refractivity contribution is 5.88. The predicted octanol–water partition coefficient (Wildman–Crippen LogP) is 0.885. The first-order chi connectivity index (χ1) is 7.52. The first kappa shape index (κ1) is 12.5. The third kappa shape index (κ3) is 3.54. The predicted molar refractivity (Wildman–Crippen MR) is 61.4 cm³/mol. The first-order valence-electron chi connectivity index (χ1n) is 5.10. The highest BCUT2D eigenvalue weighted by Crippen LogP contribution is 2.07. The van der Waals surface area contributed by atoms with Crippen LogP contribution in [0.1, 0.15) is 12.6 Å². The highest BCUT2D eigenvalue weighted by atomic mass is 16.5. The third-order valence-electron chi connectivity index (χ3n) is 2.04. The Hall–Kier alpha value is -1.56. The van der Waals surface area contributed by atoms with E-state index in [2.05, 4.69) is 15.7 Å². The summed E-state index contributed by atoms with van der Waals surface area (Å²) in [5.41, 5.74) is 0.864. The summed E-state index contributed by atoms with van der Waals surface area (Å²) in [5, 5.41) is 9.59. The average molecular weight is 226 g/mol. The van der Waals surface area contributed by atoms with Crippen molar-refractivity contribution in [1.82, 2.24) is 15.1 Å². The van der Waals surface area contributed by atoms with Crippen molar-refractivity contribution >= 4 is 11.8 Å². The molecule has 1 aromatic heterocycles. The molecule has 2 N–H and O–H groups in total. The van der Waals surface area contributed by atoms with Crippen LogP contribution >= 0.6 is 0 Å². The van der Waals surface area contributed by atoms with Crippen LogP contribution in [0, 0.1) is 6.92 Å². The zero-order valence-electron chi connectivity index (χ0n) is 10.1. The Morgan fingerprint density at radius 3 is 2.88 bits per heavy atom. The normalized spacial score (nSPS) is 12.2. The number of aryl methyl sites for hydroxylation is 2. The average Bonchev–Trinajstić information content (AvgIpc) is 2.44. The quantitative estimate of drug-likeness (QED) is 0.801. The fourth-order valence-corrected chi connectivity index (χ4v) is 1.40. The van der Waals surface area contributed by atoms with E-state index in [9.17, 15) is 4.79 Å². The number of amides is 2. The number of hydrogen-bond acceptors (Lipinski definition) is 3. The second-order valence-corrected chi connectivity index (χ2v) is 3.75. The van der Waals surface area contributed by atoms with Crippen LogP contribution in [0.15, 0.2) is 6.07 Å². The van der Waals surface area contributed by atoms with E-state index in [4.69, 9.17) is 4.74 Å². The van der Waals surface area contributed by atoms with Crippen LogP contribution in [-0.2, 0) is 11.8 Å². The van der Waals surface area contributed by atoms with Gasteiger partial charge in [0.2, 0.25) is 0 Å². The van der Waals surface area contributed by atoms with Crippen LogP contribution in [0.2, 0.25) is 0 Å². The van der Waals surface area contributed by atoms with Gasteiger partial charge in [0, 0.05) is 20.2 Å². The van der Waals surface area contributed by atoms with E-state index in [1.54, 1.807) is 24.9 Å². The lowest BCUT2D eigenvalue weighted by Crippen LogP contribution is -2.38. The fourth-order valence-electron chi connectivity index (χ4n) is 1.40. The van der Waals surface area contributed by atoms with Crippen molar-refractivity contribution in [1.29, 1.82) is 0 Å². The summed E-state index contributed by atoms with van der Waals surface area (Å²) in [7, 11) is 3.38. The smallest absolute Gasteiger partial charge is 0.320 e. The van der Waals surface area contributed by atoms with Gasteiger partial charge in [-0.15, -0.1) is 0 Å². The van der Waals surface area contributed by atoms with E-state index in [1.165, 1.54) is 0 Å². The number of aromatic nitrogens is 2. The van der Waals surface area contributed by atoms with Crippen molar-refractivity contribution in [3.63, 3.8) is 0 Å². The zero-order chi connectivity index (χ0) is 12.1. The molecular formula is C10H18N4O2. The van der Waals surface area contributed by atoms with E-state index in [1.807, 2.05) is 13.8 Å². The van der Waals surface area contributed by atoms with Crippen molar-refractivity contribution < 1.29 is 9.53 Å². The van der Waals surface area contributed by atoms with Gasteiger partial charge in [0.15, 0.2) is 0 Å². The minimum absolute atomic E-state index is 0.0284. The molecule has 0 saturated carbocycles. The van der Waals surface area contributed by atoms with Gasteiger partial charge >= 0.3 is 6.03 Å². The summed E-state index contributed by atoms with van der Waals surface area (Å²) in [6, 6.07) is 1.52. The molecule has 0 aliphatic rings. The molecule has 0 aliphatic carbocycles. The lowest BCUT2D eigenvalue weighted by Gasteiger charge is -2.13. The maximum atomic E-state index is 11.5. The van der Waals surface area contributed by atoms with Gasteiger partial charge in [-0.3, -0.25) is 10.00 Å². The van der Waals surface area contributed by atoms with Gasteiger partial charge in [0.05, 0.1) is 18.3 Å². The van der Waals surface area contributed by atoms with E-state index in [0.717, 1.165) is 5.69 Å². The third-order valence-corrected chi connectivity index (χ3v) is 2.04. The molecule has 1 heterocycles. The maximum absolute atomic E-state index is 11.5. The molecule has 0 saturated heterocycles. The Labute approximate surface area is 95.0 Å². The molecule has 90 valence electrons. The molecule has 0 radical (unpaired) electrons. The van der Waals surface area contributed by atoms with Crippen LogP contribution in [0.3, 0.4) is 0 Å². The summed E-state index contributed by atoms with van der Waals surface area (Å²) in [6.07, 6.45) is 0. The van der Waals surface area contributed by atoms with Crippen molar-refractivity contribution in [2.45, 2.75) is 19.9 Å². The molecule has 0 bridgehead atoms. The molecule has 0 unspecified atom stereocenters. The fraction of sp³-hybridized carbons (Fsp3) is 0.600. The number of ether oxygens (including phenoxy) is 1. The highest BCUT2D eigenvalue weighted by Gasteiger charge is 2.09. The molecule has 1 rings (SSSR count). The topological polar surface area (TPSA) is 68.2 Å². The van der Waals surface area contributed by atoms with Crippen LogP contribution < -0.4 is 10.6 Å². The first-order valence-corrected chi connectivity index (χ1v) is 5.10. The van der Waals surface area contributed by atoms with Crippen LogP contribution in [0.4, 0.5) is 10.6 Å². The van der Waals surface area contributed by atoms with Crippen molar-refractivity contribution in [2.75, 3.05) is 19.0 Å². The number of carbonyl (C=O) groups excluding carboxylic acids is 1. The minimum Gasteiger partial charge on any atom is -0.383 e. The Morgan fingerprint density at radius 2 is 2.38 bits per heavy atom. The van der Waals surface area contributed by atoms with E-state index in [0.29, 0.717) is 12.4 Å². The summed E-state index contributed by atoms with van der Waals surface area (Å²) in [5.74, 6) is 0.666. The lowest BCUT2D eigenvalue weighted by atomic mass is 10.4. The van der Waals surface area contributed by atoms with Gasteiger partial charge in [0.1, 0.15) is 5.82 Å². The maximum Gasteiger partial charge on any atom is 0.320 e. The SMILES string of the molecule is COC[C@@H](C)NC(=O)Nc1cc(C)nn1C. The molecule has 0 spiro atoms. The van der Waals surface area contributed by atoms with Gasteiger partial charge in [0.25, 0.3) is 0 Å². The number of nitrogens with zero attached hydrogens (tertiary/aromatic N) is 2. The molecule has 1 atom stereocenters. The van der Waals surface area contributed by atoms with Crippen LogP contribution in [0.5, 0.6) is 0 Å². The monoisotopic (exact) mass is 226 g/mol. The number of hydrogen-bond donors (Lipinski definition) is 2. The number of rotatable bonds is 4. The number of nitrogens with one attached hydrogen (secondary N) is 2. The van der Waals surface area contributed by atoms with Gasteiger partial charge < -0.3 is 10.1 Å². The Kier molecular flexibility index (Phi) is 4.30. The largest absolute Gasteiger partial charge is 0.383 e. The van der Waals surface area contributed by atoms with Gasteiger partial charge in [-0.1, -0.05) is 0 Å². The molecule has 2 amide bonds. The summed E-state index contributed by atoms with van der Waals surface area (Å²) >= 11 is 0. The lowest BCUT2D eigenvalue weighted by molar-refractivity contribution is 0.173. The molecule has 16 heavy (non-hydrogen) atoms. The zero-order valence-corrected chi connectivity index (χ0v) is 10.1. The number of urea groups is 1. The molecule has 0 aliphatic heterocycles.